The molecule has 0 amide bonds. The molecule has 0 radical (unpaired) electrons. The molecule has 4 heteroatoms. The molecule has 1 fully saturated rings. The summed E-state index contributed by atoms with van der Waals surface area (Å²) in [6.07, 6.45) is 4.24. The SMILES string of the molecule is CN1CCN(CCCc2c[nH]c3cc(F)ccc23)CC1. The predicted octanol–water partition coefficient (Wildman–Crippen LogP) is 2.49. The van der Waals surface area contributed by atoms with Crippen molar-refractivity contribution in [1.29, 1.82) is 0 Å². The second-order valence-electron chi connectivity index (χ2n) is 5.75. The molecule has 0 spiro atoms. The van der Waals surface area contributed by atoms with Gasteiger partial charge in [-0.3, -0.25) is 0 Å². The van der Waals surface area contributed by atoms with Gasteiger partial charge in [-0.05, 0) is 50.2 Å². The summed E-state index contributed by atoms with van der Waals surface area (Å²) in [5, 5.41) is 1.16. The first-order valence-corrected chi connectivity index (χ1v) is 7.39. The summed E-state index contributed by atoms with van der Waals surface area (Å²) in [6.45, 7) is 5.85. The molecule has 1 N–H and O–H groups in total. The van der Waals surface area contributed by atoms with Crippen LogP contribution in [0.2, 0.25) is 0 Å². The van der Waals surface area contributed by atoms with Crippen LogP contribution in [0.15, 0.2) is 24.4 Å². The maximum atomic E-state index is 13.1. The standard InChI is InChI=1S/C16H22FN3/c1-19-7-9-20(10-8-19)6-2-3-13-12-18-16-11-14(17)4-5-15(13)16/h4-5,11-12,18H,2-3,6-10H2,1H3. The molecule has 1 saturated heterocycles. The summed E-state index contributed by atoms with van der Waals surface area (Å²) in [4.78, 5) is 8.08. The highest BCUT2D eigenvalue weighted by Crippen LogP contribution is 2.20. The topological polar surface area (TPSA) is 22.3 Å². The zero-order valence-corrected chi connectivity index (χ0v) is 12.0. The van der Waals surface area contributed by atoms with Gasteiger partial charge < -0.3 is 14.8 Å². The molecule has 1 aliphatic heterocycles. The lowest BCUT2D eigenvalue weighted by Crippen LogP contribution is -2.44. The van der Waals surface area contributed by atoms with Crippen molar-refractivity contribution in [3.8, 4) is 0 Å². The Morgan fingerprint density at radius 1 is 1.20 bits per heavy atom. The minimum absolute atomic E-state index is 0.177. The number of nitrogens with one attached hydrogen (secondary N) is 1. The molecule has 1 aromatic carbocycles. The van der Waals surface area contributed by atoms with Gasteiger partial charge in [0.15, 0.2) is 0 Å². The third-order valence-corrected chi connectivity index (χ3v) is 4.25. The summed E-state index contributed by atoms with van der Waals surface area (Å²) in [5.74, 6) is -0.177. The maximum Gasteiger partial charge on any atom is 0.125 e. The Morgan fingerprint density at radius 2 is 2.00 bits per heavy atom. The van der Waals surface area contributed by atoms with Crippen molar-refractivity contribution in [2.75, 3.05) is 39.8 Å². The van der Waals surface area contributed by atoms with Gasteiger partial charge in [-0.2, -0.15) is 0 Å². The van der Waals surface area contributed by atoms with Crippen molar-refractivity contribution in [2.24, 2.45) is 0 Å². The van der Waals surface area contributed by atoms with E-state index in [2.05, 4.69) is 21.8 Å². The lowest BCUT2D eigenvalue weighted by atomic mass is 10.1. The highest BCUT2D eigenvalue weighted by atomic mass is 19.1. The van der Waals surface area contributed by atoms with E-state index in [1.165, 1.54) is 31.7 Å². The summed E-state index contributed by atoms with van der Waals surface area (Å²) in [7, 11) is 2.18. The zero-order valence-electron chi connectivity index (χ0n) is 12.0. The normalized spacial score (nSPS) is 17.9. The van der Waals surface area contributed by atoms with Gasteiger partial charge in [0.05, 0.1) is 0 Å². The predicted molar refractivity (Wildman–Crippen MR) is 80.5 cm³/mol. The zero-order chi connectivity index (χ0) is 13.9. The number of halogens is 1. The Labute approximate surface area is 119 Å². The van der Waals surface area contributed by atoms with E-state index in [0.29, 0.717) is 0 Å². The number of benzene rings is 1. The van der Waals surface area contributed by atoms with E-state index in [4.69, 9.17) is 0 Å². The lowest BCUT2D eigenvalue weighted by Gasteiger charge is -2.32. The molecule has 0 aliphatic carbocycles. The molecule has 0 saturated carbocycles. The highest BCUT2D eigenvalue weighted by Gasteiger charge is 2.13. The quantitative estimate of drug-likeness (QED) is 0.926. The summed E-state index contributed by atoms with van der Waals surface area (Å²) < 4.78 is 13.1. The minimum atomic E-state index is -0.177. The number of hydrogen-bond acceptors (Lipinski definition) is 2. The number of fused-ring (bicyclic) bond motifs is 1. The third-order valence-electron chi connectivity index (χ3n) is 4.25. The van der Waals surface area contributed by atoms with Gasteiger partial charge >= 0.3 is 0 Å². The fraction of sp³-hybridized carbons (Fsp3) is 0.500. The molecule has 20 heavy (non-hydrogen) atoms. The Kier molecular flexibility index (Phi) is 4.03. The van der Waals surface area contributed by atoms with Crippen molar-refractivity contribution in [2.45, 2.75) is 12.8 Å². The number of nitrogens with zero attached hydrogens (tertiary/aromatic N) is 2. The van der Waals surface area contributed by atoms with Crippen LogP contribution in [-0.2, 0) is 6.42 Å². The van der Waals surface area contributed by atoms with Crippen LogP contribution in [0.3, 0.4) is 0 Å². The van der Waals surface area contributed by atoms with Crippen LogP contribution < -0.4 is 0 Å². The van der Waals surface area contributed by atoms with Gasteiger partial charge in [-0.15, -0.1) is 0 Å². The molecular weight excluding hydrogens is 253 g/mol. The number of aromatic nitrogens is 1. The minimum Gasteiger partial charge on any atom is -0.361 e. The molecule has 1 aromatic heterocycles. The van der Waals surface area contributed by atoms with Gasteiger partial charge in [-0.1, -0.05) is 0 Å². The van der Waals surface area contributed by atoms with Crippen molar-refractivity contribution in [1.82, 2.24) is 14.8 Å². The Morgan fingerprint density at radius 3 is 2.80 bits per heavy atom. The fourth-order valence-corrected chi connectivity index (χ4v) is 2.93. The van der Waals surface area contributed by atoms with Gasteiger partial charge in [0.1, 0.15) is 5.82 Å². The first-order valence-electron chi connectivity index (χ1n) is 7.39. The van der Waals surface area contributed by atoms with Crippen LogP contribution in [0.1, 0.15) is 12.0 Å². The number of likely N-dealkylation sites (N-methyl/N-ethyl adjacent to an activating group) is 1. The number of aryl methyl sites for hydroxylation is 1. The maximum absolute atomic E-state index is 13.1. The fourth-order valence-electron chi connectivity index (χ4n) is 2.93. The number of piperazine rings is 1. The third kappa shape index (κ3) is 3.02. The van der Waals surface area contributed by atoms with E-state index in [9.17, 15) is 4.39 Å². The number of H-pyrrole nitrogens is 1. The van der Waals surface area contributed by atoms with E-state index in [0.717, 1.165) is 30.3 Å². The molecular formula is C16H22FN3. The van der Waals surface area contributed by atoms with E-state index in [1.54, 1.807) is 12.1 Å². The second-order valence-corrected chi connectivity index (χ2v) is 5.75. The Balaban J connectivity index is 1.55. The monoisotopic (exact) mass is 275 g/mol. The van der Waals surface area contributed by atoms with Crippen molar-refractivity contribution >= 4 is 10.9 Å². The van der Waals surface area contributed by atoms with Gasteiger partial charge in [0, 0.05) is 43.3 Å². The van der Waals surface area contributed by atoms with Crippen LogP contribution in [0.4, 0.5) is 4.39 Å². The van der Waals surface area contributed by atoms with Crippen LogP contribution >= 0.6 is 0 Å². The van der Waals surface area contributed by atoms with E-state index in [-0.39, 0.29) is 5.82 Å². The lowest BCUT2D eigenvalue weighted by molar-refractivity contribution is 0.153. The number of hydrogen-bond donors (Lipinski definition) is 1. The molecule has 0 bridgehead atoms. The molecule has 0 unspecified atom stereocenters. The molecule has 2 aromatic rings. The van der Waals surface area contributed by atoms with Gasteiger partial charge in [0.25, 0.3) is 0 Å². The number of rotatable bonds is 4. The Hall–Kier alpha value is -1.39. The Bertz CT molecular complexity index is 570. The molecule has 3 nitrogen and oxygen atoms in total. The molecule has 1 aliphatic rings. The van der Waals surface area contributed by atoms with E-state index < -0.39 is 0 Å². The summed E-state index contributed by atoms with van der Waals surface area (Å²) in [5.41, 5.74) is 2.20. The second kappa shape index (κ2) is 5.94. The smallest absolute Gasteiger partial charge is 0.125 e. The van der Waals surface area contributed by atoms with Crippen molar-refractivity contribution in [3.05, 3.63) is 35.8 Å². The van der Waals surface area contributed by atoms with Crippen molar-refractivity contribution in [3.63, 3.8) is 0 Å². The summed E-state index contributed by atoms with van der Waals surface area (Å²) in [6, 6.07) is 4.99. The molecule has 2 heterocycles. The first-order chi connectivity index (χ1) is 9.72. The van der Waals surface area contributed by atoms with Gasteiger partial charge in [0.2, 0.25) is 0 Å². The van der Waals surface area contributed by atoms with E-state index >= 15 is 0 Å². The molecule has 108 valence electrons. The van der Waals surface area contributed by atoms with Crippen molar-refractivity contribution < 1.29 is 4.39 Å². The average Bonchev–Trinajstić information content (AvgIpc) is 2.83. The van der Waals surface area contributed by atoms with Crippen LogP contribution in [-0.4, -0.2) is 54.6 Å². The van der Waals surface area contributed by atoms with Crippen LogP contribution in [0, 0.1) is 5.82 Å². The average molecular weight is 275 g/mol. The number of aromatic amines is 1. The highest BCUT2D eigenvalue weighted by molar-refractivity contribution is 5.83. The van der Waals surface area contributed by atoms with Gasteiger partial charge in [-0.25, -0.2) is 4.39 Å². The van der Waals surface area contributed by atoms with Crippen LogP contribution in [0.5, 0.6) is 0 Å². The van der Waals surface area contributed by atoms with E-state index in [1.807, 2.05) is 12.3 Å². The molecule has 0 atom stereocenters. The largest absolute Gasteiger partial charge is 0.361 e. The first kappa shape index (κ1) is 13.6. The molecule has 3 rings (SSSR count). The summed E-state index contributed by atoms with van der Waals surface area (Å²) >= 11 is 0. The van der Waals surface area contributed by atoms with Crippen LogP contribution in [0.25, 0.3) is 10.9 Å².